The number of fused-ring (bicyclic) bond motifs is 3. The average Bonchev–Trinajstić information content (AvgIpc) is 3.49. The number of ether oxygens (including phenoxy) is 2. The van der Waals surface area contributed by atoms with E-state index in [4.69, 9.17) is 9.47 Å². The first-order chi connectivity index (χ1) is 16.7. The molecule has 0 radical (unpaired) electrons. The Kier molecular flexibility index (Phi) is 6.11. The molecule has 1 N–H and O–H groups in total. The summed E-state index contributed by atoms with van der Waals surface area (Å²) < 4.78 is 15.3. The lowest BCUT2D eigenvalue weighted by Crippen LogP contribution is -2.08. The summed E-state index contributed by atoms with van der Waals surface area (Å²) in [6, 6.07) is 21.4. The fraction of sp³-hybridized carbons (Fsp3) is 0.192. The predicted octanol–water partition coefficient (Wildman–Crippen LogP) is 4.70. The van der Waals surface area contributed by atoms with E-state index in [2.05, 4.69) is 10.1 Å². The highest BCUT2D eigenvalue weighted by atomic mass is 16.5. The van der Waals surface area contributed by atoms with E-state index in [1.807, 2.05) is 71.3 Å². The zero-order valence-corrected chi connectivity index (χ0v) is 18.5. The first kappa shape index (κ1) is 21.5. The van der Waals surface area contributed by atoms with Crippen LogP contribution in [0.25, 0.3) is 27.5 Å². The van der Waals surface area contributed by atoms with Gasteiger partial charge >= 0.3 is 5.97 Å². The first-order valence-corrected chi connectivity index (χ1v) is 11.1. The molecule has 0 saturated carbocycles. The maximum absolute atomic E-state index is 11.4. The van der Waals surface area contributed by atoms with Gasteiger partial charge in [0.05, 0.1) is 24.4 Å². The Morgan fingerprint density at radius 1 is 0.853 bits per heavy atom. The summed E-state index contributed by atoms with van der Waals surface area (Å²) in [5.74, 6) is 0.662. The van der Waals surface area contributed by atoms with Gasteiger partial charge in [0.1, 0.15) is 30.7 Å². The molecule has 0 bridgehead atoms. The van der Waals surface area contributed by atoms with Gasteiger partial charge in [-0.1, -0.05) is 18.2 Å². The van der Waals surface area contributed by atoms with Crippen LogP contribution < -0.4 is 9.47 Å². The molecule has 5 rings (SSSR count). The molecule has 34 heavy (non-hydrogen) atoms. The molecule has 0 aliphatic rings. The van der Waals surface area contributed by atoms with E-state index in [1.54, 1.807) is 11.0 Å². The topological polar surface area (TPSA) is 91.4 Å². The van der Waals surface area contributed by atoms with Crippen molar-refractivity contribution >= 4 is 27.8 Å². The van der Waals surface area contributed by atoms with Crippen molar-refractivity contribution in [1.82, 2.24) is 19.3 Å². The second-order valence-electron chi connectivity index (χ2n) is 7.91. The van der Waals surface area contributed by atoms with Crippen molar-refractivity contribution in [3.63, 3.8) is 0 Å². The fourth-order valence-corrected chi connectivity index (χ4v) is 4.05. The van der Waals surface area contributed by atoms with Crippen molar-refractivity contribution in [2.24, 2.45) is 0 Å². The lowest BCUT2D eigenvalue weighted by Gasteiger charge is -2.09. The minimum absolute atomic E-state index is 0.0926. The van der Waals surface area contributed by atoms with Gasteiger partial charge < -0.3 is 19.1 Å². The number of carboxylic acids is 1. The number of hydrogen-bond donors (Lipinski definition) is 1. The normalized spacial score (nSPS) is 11.2. The molecule has 0 unspecified atom stereocenters. The molecule has 0 aliphatic heterocycles. The van der Waals surface area contributed by atoms with Crippen molar-refractivity contribution in [2.75, 3.05) is 13.2 Å². The molecule has 0 aliphatic carbocycles. The van der Waals surface area contributed by atoms with Crippen LogP contribution in [0.2, 0.25) is 0 Å². The molecule has 2 aromatic heterocycles. The molecule has 0 spiro atoms. The standard InChI is InChI=1S/C26H24N4O4/c31-26(32)16-29-24-6-2-1-5-22(24)23-12-11-21(15-25(23)29)34-14-4-3-13-33-20-9-7-19(8-10-20)30-18-27-17-28-30/h1-2,5-12,15,17-18H,3-4,13-14,16H2,(H,31,32). The third-order valence-corrected chi connectivity index (χ3v) is 5.63. The summed E-state index contributed by atoms with van der Waals surface area (Å²) in [4.78, 5) is 15.4. The minimum atomic E-state index is -0.873. The number of para-hydroxylation sites is 1. The molecule has 2 heterocycles. The molecule has 3 aromatic carbocycles. The number of benzene rings is 3. The lowest BCUT2D eigenvalue weighted by molar-refractivity contribution is -0.137. The maximum atomic E-state index is 11.4. The number of hydrogen-bond acceptors (Lipinski definition) is 5. The summed E-state index contributed by atoms with van der Waals surface area (Å²) in [7, 11) is 0. The second-order valence-corrected chi connectivity index (χ2v) is 7.91. The van der Waals surface area contributed by atoms with Crippen LogP contribution in [0.4, 0.5) is 0 Å². The maximum Gasteiger partial charge on any atom is 0.323 e. The number of unbranched alkanes of at least 4 members (excludes halogenated alkanes) is 1. The minimum Gasteiger partial charge on any atom is -0.494 e. The van der Waals surface area contributed by atoms with Crippen LogP contribution in [0, 0.1) is 0 Å². The van der Waals surface area contributed by atoms with Gasteiger partial charge in [-0.15, -0.1) is 0 Å². The molecule has 172 valence electrons. The Morgan fingerprint density at radius 3 is 2.29 bits per heavy atom. The van der Waals surface area contributed by atoms with Gasteiger partial charge in [0.2, 0.25) is 0 Å². The molecule has 8 heteroatoms. The fourth-order valence-electron chi connectivity index (χ4n) is 4.05. The van der Waals surface area contributed by atoms with Crippen LogP contribution in [0.5, 0.6) is 11.5 Å². The zero-order valence-electron chi connectivity index (χ0n) is 18.5. The van der Waals surface area contributed by atoms with Gasteiger partial charge in [-0.25, -0.2) is 9.67 Å². The predicted molar refractivity (Wildman–Crippen MR) is 129 cm³/mol. The highest BCUT2D eigenvalue weighted by Crippen LogP contribution is 2.31. The highest BCUT2D eigenvalue weighted by molar-refractivity contribution is 6.08. The largest absolute Gasteiger partial charge is 0.494 e. The van der Waals surface area contributed by atoms with Crippen molar-refractivity contribution < 1.29 is 19.4 Å². The Bertz CT molecular complexity index is 1410. The average molecular weight is 457 g/mol. The van der Waals surface area contributed by atoms with Crippen LogP contribution in [0.15, 0.2) is 79.4 Å². The molecule has 8 nitrogen and oxygen atoms in total. The summed E-state index contributed by atoms with van der Waals surface area (Å²) in [5.41, 5.74) is 2.69. The summed E-state index contributed by atoms with van der Waals surface area (Å²) in [6.07, 6.45) is 4.85. The second kappa shape index (κ2) is 9.66. The number of aliphatic carboxylic acids is 1. The third kappa shape index (κ3) is 4.56. The van der Waals surface area contributed by atoms with E-state index in [-0.39, 0.29) is 6.54 Å². The van der Waals surface area contributed by atoms with Gasteiger partial charge in [-0.3, -0.25) is 4.79 Å². The molecular weight excluding hydrogens is 432 g/mol. The number of nitrogens with zero attached hydrogens (tertiary/aromatic N) is 4. The Balaban J connectivity index is 1.15. The van der Waals surface area contributed by atoms with Crippen LogP contribution in [0.1, 0.15) is 12.8 Å². The summed E-state index contributed by atoms with van der Waals surface area (Å²) >= 11 is 0. The lowest BCUT2D eigenvalue weighted by atomic mass is 10.1. The van der Waals surface area contributed by atoms with Gasteiger partial charge in [0, 0.05) is 22.4 Å². The van der Waals surface area contributed by atoms with Crippen molar-refractivity contribution in [3.05, 3.63) is 79.4 Å². The van der Waals surface area contributed by atoms with E-state index < -0.39 is 5.97 Å². The number of carbonyl (C=O) groups is 1. The van der Waals surface area contributed by atoms with Crippen LogP contribution in [-0.4, -0.2) is 43.6 Å². The van der Waals surface area contributed by atoms with Crippen LogP contribution in [0.3, 0.4) is 0 Å². The number of rotatable bonds is 10. The van der Waals surface area contributed by atoms with E-state index >= 15 is 0 Å². The quantitative estimate of drug-likeness (QED) is 0.306. The first-order valence-electron chi connectivity index (χ1n) is 11.1. The molecule has 5 aromatic rings. The smallest absolute Gasteiger partial charge is 0.323 e. The summed E-state index contributed by atoms with van der Waals surface area (Å²) in [6.45, 7) is 1.06. The van der Waals surface area contributed by atoms with Crippen LogP contribution >= 0.6 is 0 Å². The molecular formula is C26H24N4O4. The van der Waals surface area contributed by atoms with Gasteiger partial charge in [0.25, 0.3) is 0 Å². The number of carboxylic acid groups (broad SMARTS) is 1. The van der Waals surface area contributed by atoms with Gasteiger partial charge in [0.15, 0.2) is 0 Å². The van der Waals surface area contributed by atoms with Crippen LogP contribution in [-0.2, 0) is 11.3 Å². The van der Waals surface area contributed by atoms with Gasteiger partial charge in [-0.05, 0) is 55.3 Å². The highest BCUT2D eigenvalue weighted by Gasteiger charge is 2.13. The van der Waals surface area contributed by atoms with E-state index in [0.717, 1.165) is 51.8 Å². The zero-order chi connectivity index (χ0) is 23.3. The van der Waals surface area contributed by atoms with Gasteiger partial charge in [-0.2, -0.15) is 5.10 Å². The monoisotopic (exact) mass is 456 g/mol. The molecule has 0 amide bonds. The molecule has 0 atom stereocenters. The van der Waals surface area contributed by atoms with Crippen molar-refractivity contribution in [2.45, 2.75) is 19.4 Å². The van der Waals surface area contributed by atoms with E-state index in [1.165, 1.54) is 6.33 Å². The Morgan fingerprint density at radius 2 is 1.56 bits per heavy atom. The molecule has 0 fully saturated rings. The SMILES string of the molecule is O=C(O)Cn1c2ccccc2c2ccc(OCCCCOc3ccc(-n4cncn4)cc3)cc21. The van der Waals surface area contributed by atoms with Crippen molar-refractivity contribution in [1.29, 1.82) is 0 Å². The molecule has 0 saturated heterocycles. The third-order valence-electron chi connectivity index (χ3n) is 5.63. The Labute approximate surface area is 196 Å². The number of aromatic nitrogens is 4. The van der Waals surface area contributed by atoms with E-state index in [9.17, 15) is 9.90 Å². The Hall–Kier alpha value is -4.33. The summed E-state index contributed by atoms with van der Waals surface area (Å²) in [5, 5.41) is 15.5. The van der Waals surface area contributed by atoms with Crippen molar-refractivity contribution in [3.8, 4) is 17.2 Å². The van der Waals surface area contributed by atoms with E-state index in [0.29, 0.717) is 13.2 Å².